The zero-order valence-electron chi connectivity index (χ0n) is 17.4. The van der Waals surface area contributed by atoms with E-state index in [2.05, 4.69) is 17.6 Å². The number of rotatable bonds is 7. The molecule has 1 aromatic carbocycles. The molecule has 0 aliphatic carbocycles. The molecule has 29 heavy (non-hydrogen) atoms. The van der Waals surface area contributed by atoms with Crippen molar-refractivity contribution in [3.05, 3.63) is 23.8 Å². The summed E-state index contributed by atoms with van der Waals surface area (Å²) in [7, 11) is 3.22. The van der Waals surface area contributed by atoms with Crippen molar-refractivity contribution in [2.75, 3.05) is 40.4 Å². The summed E-state index contributed by atoms with van der Waals surface area (Å²) in [6, 6.07) is 5.93. The van der Waals surface area contributed by atoms with E-state index in [9.17, 15) is 9.59 Å². The smallest absolute Gasteiger partial charge is 0.225 e. The molecule has 8 heteroatoms. The van der Waals surface area contributed by atoms with Crippen LogP contribution in [0.5, 0.6) is 11.5 Å². The van der Waals surface area contributed by atoms with Gasteiger partial charge in [-0.05, 0) is 43.0 Å². The number of ether oxygens (including phenoxy) is 2. The van der Waals surface area contributed by atoms with E-state index < -0.39 is 0 Å². The Kier molecular flexibility index (Phi) is 8.59. The number of methoxy groups -OCH3 is 2. The van der Waals surface area contributed by atoms with Crippen LogP contribution in [0.15, 0.2) is 18.2 Å². The highest BCUT2D eigenvalue weighted by Crippen LogP contribution is 2.28. The summed E-state index contributed by atoms with van der Waals surface area (Å²) in [5, 5.41) is 6.47. The maximum Gasteiger partial charge on any atom is 0.225 e. The topological polar surface area (TPSA) is 79.9 Å². The zero-order valence-corrected chi connectivity index (χ0v) is 18.2. The number of hydrogen-bond acceptors (Lipinski definition) is 5. The van der Waals surface area contributed by atoms with Crippen molar-refractivity contribution < 1.29 is 19.1 Å². The Labute approximate surface area is 178 Å². The number of nitrogens with one attached hydrogen (secondary N) is 2. The number of amides is 2. The van der Waals surface area contributed by atoms with Gasteiger partial charge >= 0.3 is 0 Å². The molecule has 1 aromatic rings. The van der Waals surface area contributed by atoms with Gasteiger partial charge in [0.15, 0.2) is 11.5 Å². The Morgan fingerprint density at radius 3 is 2.72 bits per heavy atom. The third-order valence-corrected chi connectivity index (χ3v) is 5.86. The molecule has 0 saturated carbocycles. The van der Waals surface area contributed by atoms with Crippen LogP contribution in [0.1, 0.15) is 25.3 Å². The van der Waals surface area contributed by atoms with Crippen LogP contribution in [0.4, 0.5) is 0 Å². The molecule has 2 aliphatic rings. The molecule has 0 spiro atoms. The van der Waals surface area contributed by atoms with Gasteiger partial charge in [-0.1, -0.05) is 13.0 Å². The molecular formula is C21H32ClN3O4. The molecular weight excluding hydrogens is 394 g/mol. The number of nitrogens with zero attached hydrogens (tertiary/aromatic N) is 1. The summed E-state index contributed by atoms with van der Waals surface area (Å²) < 4.78 is 10.6. The Balaban J connectivity index is 0.00000300. The average Bonchev–Trinajstić information content (AvgIpc) is 3.08. The van der Waals surface area contributed by atoms with Crippen molar-refractivity contribution in [3.63, 3.8) is 0 Å². The summed E-state index contributed by atoms with van der Waals surface area (Å²) in [5.74, 6) is 1.63. The van der Waals surface area contributed by atoms with Crippen LogP contribution in [0.3, 0.4) is 0 Å². The first-order valence-corrected chi connectivity index (χ1v) is 10.0. The maximum atomic E-state index is 12.6. The number of likely N-dealkylation sites (tertiary alicyclic amines) is 1. The van der Waals surface area contributed by atoms with E-state index >= 15 is 0 Å². The van der Waals surface area contributed by atoms with Gasteiger partial charge in [-0.25, -0.2) is 0 Å². The van der Waals surface area contributed by atoms with E-state index in [0.717, 1.165) is 25.1 Å². The quantitative estimate of drug-likeness (QED) is 0.694. The second kappa shape index (κ2) is 10.7. The predicted molar refractivity (Wildman–Crippen MR) is 114 cm³/mol. The third-order valence-electron chi connectivity index (χ3n) is 5.86. The maximum absolute atomic E-state index is 12.6. The molecule has 0 radical (unpaired) electrons. The van der Waals surface area contributed by atoms with Gasteiger partial charge in [-0.2, -0.15) is 0 Å². The molecule has 3 rings (SSSR count). The van der Waals surface area contributed by atoms with Gasteiger partial charge in [0, 0.05) is 32.1 Å². The fraction of sp³-hybridized carbons (Fsp3) is 0.619. The van der Waals surface area contributed by atoms with Crippen molar-refractivity contribution in [2.24, 2.45) is 11.8 Å². The summed E-state index contributed by atoms with van der Waals surface area (Å²) in [4.78, 5) is 26.8. The number of halogens is 1. The van der Waals surface area contributed by atoms with Crippen LogP contribution in [-0.4, -0.2) is 63.2 Å². The lowest BCUT2D eigenvalue weighted by molar-refractivity contribution is -0.129. The van der Waals surface area contributed by atoms with Crippen LogP contribution in [0, 0.1) is 11.8 Å². The second-order valence-electron chi connectivity index (χ2n) is 7.77. The fourth-order valence-electron chi connectivity index (χ4n) is 3.95. The fourth-order valence-corrected chi connectivity index (χ4v) is 3.95. The number of carbonyl (C=O) groups excluding carboxylic acids is 2. The van der Waals surface area contributed by atoms with E-state index in [1.807, 2.05) is 18.2 Å². The van der Waals surface area contributed by atoms with Gasteiger partial charge in [0.1, 0.15) is 0 Å². The van der Waals surface area contributed by atoms with Crippen molar-refractivity contribution in [2.45, 2.75) is 32.2 Å². The number of hydrogen-bond donors (Lipinski definition) is 2. The van der Waals surface area contributed by atoms with E-state index in [-0.39, 0.29) is 36.2 Å². The highest BCUT2D eigenvalue weighted by Gasteiger charge is 2.35. The van der Waals surface area contributed by atoms with Crippen LogP contribution < -0.4 is 20.1 Å². The molecule has 2 aliphatic heterocycles. The third kappa shape index (κ3) is 5.76. The van der Waals surface area contributed by atoms with E-state index in [4.69, 9.17) is 9.47 Å². The molecule has 2 N–H and O–H groups in total. The highest BCUT2D eigenvalue weighted by atomic mass is 35.5. The first-order valence-electron chi connectivity index (χ1n) is 10.0. The van der Waals surface area contributed by atoms with Crippen LogP contribution in [-0.2, 0) is 16.0 Å². The van der Waals surface area contributed by atoms with E-state index in [1.165, 1.54) is 0 Å². The van der Waals surface area contributed by atoms with Crippen molar-refractivity contribution >= 4 is 24.2 Å². The molecule has 7 nitrogen and oxygen atoms in total. The minimum absolute atomic E-state index is 0. The Morgan fingerprint density at radius 2 is 2.03 bits per heavy atom. The van der Waals surface area contributed by atoms with Crippen LogP contribution in [0.2, 0.25) is 0 Å². The summed E-state index contributed by atoms with van der Waals surface area (Å²) in [6.45, 7) is 5.06. The molecule has 2 fully saturated rings. The second-order valence-corrected chi connectivity index (χ2v) is 7.77. The normalized spacial score (nSPS) is 24.0. The van der Waals surface area contributed by atoms with Crippen molar-refractivity contribution in [1.82, 2.24) is 15.5 Å². The Morgan fingerprint density at radius 1 is 1.28 bits per heavy atom. The van der Waals surface area contributed by atoms with Gasteiger partial charge in [0.25, 0.3) is 0 Å². The highest BCUT2D eigenvalue weighted by molar-refractivity contribution is 5.89. The molecule has 2 saturated heterocycles. The number of carbonyl (C=O) groups is 2. The molecule has 2 amide bonds. The average molecular weight is 426 g/mol. The lowest BCUT2D eigenvalue weighted by Crippen LogP contribution is -2.51. The SMILES string of the molecule is COc1ccc(CCN2CC(C(=O)NC3CNCCC3C)CC2=O)cc1OC.Cl. The monoisotopic (exact) mass is 425 g/mol. The number of piperidine rings is 1. The predicted octanol–water partition coefficient (Wildman–Crippen LogP) is 1.63. The standard InChI is InChI=1S/C21H31N3O4.ClH/c1-14-6-8-22-12-17(14)23-21(26)16-11-20(25)24(13-16)9-7-15-4-5-18(27-2)19(10-15)28-3;/h4-5,10,14,16-17,22H,6-9,11-13H2,1-3H3,(H,23,26);1H. The lowest BCUT2D eigenvalue weighted by atomic mass is 9.94. The number of benzene rings is 1. The first-order chi connectivity index (χ1) is 13.5. The van der Waals surface area contributed by atoms with Crippen LogP contribution >= 0.6 is 12.4 Å². The minimum atomic E-state index is -0.257. The van der Waals surface area contributed by atoms with Crippen molar-refractivity contribution in [1.29, 1.82) is 0 Å². The molecule has 3 unspecified atom stereocenters. The van der Waals surface area contributed by atoms with Gasteiger partial charge in [0.2, 0.25) is 11.8 Å². The Bertz CT molecular complexity index is 715. The summed E-state index contributed by atoms with van der Waals surface area (Å²) in [6.07, 6.45) is 2.07. The van der Waals surface area contributed by atoms with Crippen LogP contribution in [0.25, 0.3) is 0 Å². The molecule has 0 aromatic heterocycles. The largest absolute Gasteiger partial charge is 0.493 e. The van der Waals surface area contributed by atoms with Gasteiger partial charge in [0.05, 0.1) is 20.1 Å². The van der Waals surface area contributed by atoms with Gasteiger partial charge < -0.3 is 25.0 Å². The Hall–Kier alpha value is -1.99. The summed E-state index contributed by atoms with van der Waals surface area (Å²) in [5.41, 5.74) is 1.07. The molecule has 0 bridgehead atoms. The van der Waals surface area contributed by atoms with Gasteiger partial charge in [-0.3, -0.25) is 9.59 Å². The first kappa shape index (κ1) is 23.3. The molecule has 3 atom stereocenters. The van der Waals surface area contributed by atoms with E-state index in [0.29, 0.717) is 43.3 Å². The van der Waals surface area contributed by atoms with Crippen molar-refractivity contribution in [3.8, 4) is 11.5 Å². The molecule has 162 valence electrons. The summed E-state index contributed by atoms with van der Waals surface area (Å²) >= 11 is 0. The molecule has 2 heterocycles. The zero-order chi connectivity index (χ0) is 20.1. The van der Waals surface area contributed by atoms with Gasteiger partial charge in [-0.15, -0.1) is 12.4 Å². The van der Waals surface area contributed by atoms with E-state index in [1.54, 1.807) is 19.1 Å². The lowest BCUT2D eigenvalue weighted by Gasteiger charge is -2.31. The minimum Gasteiger partial charge on any atom is -0.493 e.